The van der Waals surface area contributed by atoms with E-state index in [1.807, 2.05) is 20.2 Å². The fourth-order valence-corrected chi connectivity index (χ4v) is 2.28. The highest BCUT2D eigenvalue weighted by Crippen LogP contribution is 2.13. The first kappa shape index (κ1) is 18.6. The van der Waals surface area contributed by atoms with E-state index in [0.717, 1.165) is 25.2 Å². The van der Waals surface area contributed by atoms with Gasteiger partial charge in [-0.3, -0.25) is 14.6 Å². The molecule has 1 aromatic carbocycles. The number of nitrogens with zero attached hydrogens (tertiary/aromatic N) is 2. The van der Waals surface area contributed by atoms with E-state index >= 15 is 0 Å². The van der Waals surface area contributed by atoms with Crippen LogP contribution in [0.4, 0.5) is 11.4 Å². The maximum Gasteiger partial charge on any atom is 0.274 e. The maximum absolute atomic E-state index is 12.3. The van der Waals surface area contributed by atoms with Crippen LogP contribution in [0.25, 0.3) is 0 Å². The summed E-state index contributed by atoms with van der Waals surface area (Å²) in [6.07, 6.45) is 2.63. The summed E-state index contributed by atoms with van der Waals surface area (Å²) in [6, 6.07) is 10.4. The second-order valence-electron chi connectivity index (χ2n) is 6.10. The number of hydrogen-bond acceptors (Lipinski definition) is 5. The van der Waals surface area contributed by atoms with Gasteiger partial charge in [0.25, 0.3) is 5.91 Å². The van der Waals surface area contributed by atoms with Crippen LogP contribution in [0.15, 0.2) is 42.6 Å². The molecule has 2 aromatic rings. The zero-order valence-electron chi connectivity index (χ0n) is 14.9. The number of benzene rings is 1. The van der Waals surface area contributed by atoms with E-state index in [1.165, 1.54) is 6.92 Å². The first-order valence-corrected chi connectivity index (χ1v) is 8.22. The monoisotopic (exact) mass is 340 g/mol. The minimum Gasteiger partial charge on any atom is -0.385 e. The van der Waals surface area contributed by atoms with Crippen LogP contribution < -0.4 is 10.6 Å². The molecule has 132 valence electrons. The van der Waals surface area contributed by atoms with Gasteiger partial charge < -0.3 is 15.5 Å². The molecular weight excluding hydrogens is 316 g/mol. The molecule has 0 spiro atoms. The number of nitrogens with one attached hydrogen (secondary N) is 2. The van der Waals surface area contributed by atoms with Crippen molar-refractivity contribution in [3.8, 4) is 0 Å². The maximum atomic E-state index is 12.3. The van der Waals surface area contributed by atoms with Crippen molar-refractivity contribution in [3.63, 3.8) is 0 Å². The Morgan fingerprint density at radius 3 is 2.44 bits per heavy atom. The average Bonchev–Trinajstić information content (AvgIpc) is 2.59. The highest BCUT2D eigenvalue weighted by molar-refractivity contribution is 6.03. The lowest BCUT2D eigenvalue weighted by Crippen LogP contribution is -2.17. The normalized spacial score (nSPS) is 10.6. The molecule has 0 saturated heterocycles. The predicted octanol–water partition coefficient (Wildman–Crippen LogP) is 2.90. The van der Waals surface area contributed by atoms with Gasteiger partial charge in [-0.15, -0.1) is 0 Å². The second kappa shape index (κ2) is 8.94. The van der Waals surface area contributed by atoms with Crippen LogP contribution in [0.1, 0.15) is 34.2 Å². The van der Waals surface area contributed by atoms with E-state index in [4.69, 9.17) is 0 Å². The first-order valence-electron chi connectivity index (χ1n) is 8.22. The molecule has 1 aromatic heterocycles. The van der Waals surface area contributed by atoms with Gasteiger partial charge in [-0.1, -0.05) is 0 Å². The Kier molecular flexibility index (Phi) is 6.65. The molecule has 6 nitrogen and oxygen atoms in total. The number of Topliss-reactive ketones (excluding diaryl/α,β-unsaturated/α-hetero) is 1. The second-order valence-corrected chi connectivity index (χ2v) is 6.10. The van der Waals surface area contributed by atoms with Gasteiger partial charge in [0.2, 0.25) is 0 Å². The number of pyridine rings is 1. The van der Waals surface area contributed by atoms with E-state index in [0.29, 0.717) is 16.9 Å². The quantitative estimate of drug-likeness (QED) is 0.571. The van der Waals surface area contributed by atoms with E-state index in [9.17, 15) is 9.59 Å². The van der Waals surface area contributed by atoms with Crippen molar-refractivity contribution < 1.29 is 9.59 Å². The molecule has 25 heavy (non-hydrogen) atoms. The van der Waals surface area contributed by atoms with Crippen LogP contribution >= 0.6 is 0 Å². The number of rotatable bonds is 8. The zero-order valence-corrected chi connectivity index (χ0v) is 14.9. The largest absolute Gasteiger partial charge is 0.385 e. The molecule has 0 radical (unpaired) electrons. The van der Waals surface area contributed by atoms with Crippen LogP contribution in [0.3, 0.4) is 0 Å². The molecule has 0 unspecified atom stereocenters. The van der Waals surface area contributed by atoms with E-state index in [-0.39, 0.29) is 11.7 Å². The van der Waals surface area contributed by atoms with Gasteiger partial charge in [-0.05, 0) is 70.4 Å². The molecule has 0 atom stereocenters. The summed E-state index contributed by atoms with van der Waals surface area (Å²) in [6.45, 7) is 3.34. The minimum absolute atomic E-state index is 0.00687. The SMILES string of the molecule is CC(=O)c1ccc(NC(=O)c2cc(NCCCN(C)C)ccn2)cc1. The summed E-state index contributed by atoms with van der Waals surface area (Å²) in [4.78, 5) is 29.9. The van der Waals surface area contributed by atoms with Crippen LogP contribution in [0.5, 0.6) is 0 Å². The van der Waals surface area contributed by atoms with Crippen LogP contribution in [0.2, 0.25) is 0 Å². The van der Waals surface area contributed by atoms with Crippen molar-refractivity contribution in [2.75, 3.05) is 37.8 Å². The molecule has 0 fully saturated rings. The van der Waals surface area contributed by atoms with Gasteiger partial charge in [0.15, 0.2) is 5.78 Å². The Labute approximate surface area is 148 Å². The van der Waals surface area contributed by atoms with Crippen molar-refractivity contribution >= 4 is 23.1 Å². The number of hydrogen-bond donors (Lipinski definition) is 2. The number of aromatic nitrogens is 1. The summed E-state index contributed by atoms with van der Waals surface area (Å²) in [5.41, 5.74) is 2.44. The Hall–Kier alpha value is -2.73. The third kappa shape index (κ3) is 6.00. The Morgan fingerprint density at radius 1 is 1.08 bits per heavy atom. The molecule has 2 rings (SSSR count). The molecule has 1 heterocycles. The summed E-state index contributed by atoms with van der Waals surface area (Å²) >= 11 is 0. The first-order chi connectivity index (χ1) is 12.0. The van der Waals surface area contributed by atoms with Crippen molar-refractivity contribution in [2.45, 2.75) is 13.3 Å². The lowest BCUT2D eigenvalue weighted by molar-refractivity contribution is 0.101. The van der Waals surface area contributed by atoms with Gasteiger partial charge >= 0.3 is 0 Å². The van der Waals surface area contributed by atoms with Gasteiger partial charge in [-0.25, -0.2) is 0 Å². The topological polar surface area (TPSA) is 74.3 Å². The molecule has 0 aliphatic carbocycles. The highest BCUT2D eigenvalue weighted by Gasteiger charge is 2.09. The van der Waals surface area contributed by atoms with E-state index in [1.54, 1.807) is 36.5 Å². The van der Waals surface area contributed by atoms with E-state index < -0.39 is 0 Å². The summed E-state index contributed by atoms with van der Waals surface area (Å²) in [7, 11) is 4.08. The van der Waals surface area contributed by atoms with Crippen LogP contribution in [-0.2, 0) is 0 Å². The number of carbonyl (C=O) groups is 2. The number of ketones is 1. The molecule has 0 bridgehead atoms. The number of amides is 1. The summed E-state index contributed by atoms with van der Waals surface area (Å²) < 4.78 is 0. The molecular formula is C19H24N4O2. The summed E-state index contributed by atoms with van der Waals surface area (Å²) in [5, 5.41) is 6.08. The van der Waals surface area contributed by atoms with Crippen molar-refractivity contribution in [3.05, 3.63) is 53.9 Å². The predicted molar refractivity (Wildman–Crippen MR) is 100 cm³/mol. The highest BCUT2D eigenvalue weighted by atomic mass is 16.2. The fourth-order valence-electron chi connectivity index (χ4n) is 2.28. The third-order valence-electron chi connectivity index (χ3n) is 3.65. The molecule has 0 saturated carbocycles. The van der Waals surface area contributed by atoms with E-state index in [2.05, 4.69) is 20.5 Å². The Balaban J connectivity index is 1.94. The van der Waals surface area contributed by atoms with Crippen molar-refractivity contribution in [1.29, 1.82) is 0 Å². The molecule has 2 N–H and O–H groups in total. The average molecular weight is 340 g/mol. The number of anilines is 2. The summed E-state index contributed by atoms with van der Waals surface area (Å²) in [5.74, 6) is -0.292. The minimum atomic E-state index is -0.285. The van der Waals surface area contributed by atoms with Crippen molar-refractivity contribution in [2.24, 2.45) is 0 Å². The van der Waals surface area contributed by atoms with Gasteiger partial charge in [0.1, 0.15) is 5.69 Å². The zero-order chi connectivity index (χ0) is 18.2. The Morgan fingerprint density at radius 2 is 1.80 bits per heavy atom. The molecule has 0 aliphatic heterocycles. The lowest BCUT2D eigenvalue weighted by atomic mass is 10.1. The van der Waals surface area contributed by atoms with Crippen molar-refractivity contribution in [1.82, 2.24) is 9.88 Å². The van der Waals surface area contributed by atoms with Crippen LogP contribution in [0, 0.1) is 0 Å². The van der Waals surface area contributed by atoms with Gasteiger partial charge in [0.05, 0.1) is 0 Å². The third-order valence-corrected chi connectivity index (χ3v) is 3.65. The Bertz CT molecular complexity index is 726. The lowest BCUT2D eigenvalue weighted by Gasteiger charge is -2.11. The smallest absolute Gasteiger partial charge is 0.274 e. The number of carbonyl (C=O) groups excluding carboxylic acids is 2. The molecule has 1 amide bonds. The van der Waals surface area contributed by atoms with Crippen LogP contribution in [-0.4, -0.2) is 48.8 Å². The standard InChI is InChI=1S/C19H24N4O2/c1-14(24)15-5-7-16(8-6-15)22-19(25)18-13-17(9-11-21-18)20-10-4-12-23(2)3/h5-9,11,13H,4,10,12H2,1-3H3,(H,20,21)(H,22,25). The molecule has 6 heteroatoms. The molecule has 0 aliphatic rings. The fraction of sp³-hybridized carbons (Fsp3) is 0.316. The van der Waals surface area contributed by atoms with Gasteiger partial charge in [-0.2, -0.15) is 0 Å². The van der Waals surface area contributed by atoms with Gasteiger partial charge in [0, 0.05) is 29.7 Å².